The van der Waals surface area contributed by atoms with Gasteiger partial charge in [-0.3, -0.25) is 0 Å². The number of carbonyl (C=O) groups is 1. The Bertz CT molecular complexity index is 450. The molecule has 0 aliphatic carbocycles. The Morgan fingerprint density at radius 2 is 1.95 bits per heavy atom. The van der Waals surface area contributed by atoms with E-state index in [1.54, 1.807) is 12.1 Å². The summed E-state index contributed by atoms with van der Waals surface area (Å²) >= 11 is 0. The number of nitrogens with zero attached hydrogens (tertiary/aromatic N) is 1. The first-order chi connectivity index (χ1) is 9.22. The van der Waals surface area contributed by atoms with Crippen molar-refractivity contribution >= 4 is 5.97 Å². The molecule has 0 saturated carbocycles. The number of aromatic carboxylic acids is 1. The number of hydrogen-bond acceptors (Lipinski definition) is 3. The molecule has 19 heavy (non-hydrogen) atoms. The maximum Gasteiger partial charge on any atom is 0.335 e. The highest BCUT2D eigenvalue weighted by molar-refractivity contribution is 5.87. The lowest BCUT2D eigenvalue weighted by atomic mass is 9.84. The molecule has 4 heteroatoms. The molecule has 0 radical (unpaired) electrons. The second-order valence-electron chi connectivity index (χ2n) is 5.63. The lowest BCUT2D eigenvalue weighted by Gasteiger charge is -2.45. The minimum absolute atomic E-state index is 0.353. The molecule has 0 spiro atoms. The number of benzene rings is 1. The van der Waals surface area contributed by atoms with E-state index < -0.39 is 5.97 Å². The van der Waals surface area contributed by atoms with Crippen LogP contribution in [0.1, 0.15) is 28.8 Å². The van der Waals surface area contributed by atoms with E-state index in [1.165, 1.54) is 25.9 Å². The number of carboxylic acid groups (broad SMARTS) is 1. The third-order valence-corrected chi connectivity index (χ3v) is 4.43. The Labute approximate surface area is 113 Å². The van der Waals surface area contributed by atoms with Crippen LogP contribution in [0, 0.1) is 5.92 Å². The fourth-order valence-corrected chi connectivity index (χ4v) is 3.21. The van der Waals surface area contributed by atoms with Gasteiger partial charge < -0.3 is 15.3 Å². The molecule has 3 aliphatic rings. The molecule has 1 aromatic rings. The summed E-state index contributed by atoms with van der Waals surface area (Å²) in [6.07, 6.45) is 2.63. The van der Waals surface area contributed by atoms with Crippen LogP contribution in [0.15, 0.2) is 24.3 Å². The maximum absolute atomic E-state index is 10.8. The summed E-state index contributed by atoms with van der Waals surface area (Å²) in [5, 5.41) is 12.5. The summed E-state index contributed by atoms with van der Waals surface area (Å²) in [7, 11) is 0. The monoisotopic (exact) mass is 260 g/mol. The highest BCUT2D eigenvalue weighted by Crippen LogP contribution is 2.27. The van der Waals surface area contributed by atoms with Crippen LogP contribution in [-0.2, 0) is 6.54 Å². The average Bonchev–Trinajstić information content (AvgIpc) is 2.47. The number of piperidine rings is 3. The summed E-state index contributed by atoms with van der Waals surface area (Å²) in [4.78, 5) is 13.3. The average molecular weight is 260 g/mol. The van der Waals surface area contributed by atoms with Crippen LogP contribution in [0.2, 0.25) is 0 Å². The van der Waals surface area contributed by atoms with Gasteiger partial charge in [-0.1, -0.05) is 12.1 Å². The lowest BCUT2D eigenvalue weighted by Crippen LogP contribution is -2.55. The van der Waals surface area contributed by atoms with Crippen molar-refractivity contribution in [2.45, 2.75) is 25.4 Å². The van der Waals surface area contributed by atoms with Gasteiger partial charge in [0.2, 0.25) is 0 Å². The maximum atomic E-state index is 10.8. The molecule has 0 aromatic heterocycles. The smallest absolute Gasteiger partial charge is 0.335 e. The van der Waals surface area contributed by atoms with Crippen molar-refractivity contribution in [2.75, 3.05) is 19.6 Å². The van der Waals surface area contributed by atoms with Gasteiger partial charge in [-0.25, -0.2) is 4.79 Å². The molecule has 1 unspecified atom stereocenters. The fourth-order valence-electron chi connectivity index (χ4n) is 3.21. The van der Waals surface area contributed by atoms with Crippen molar-refractivity contribution in [3.05, 3.63) is 35.4 Å². The highest BCUT2D eigenvalue weighted by Gasteiger charge is 2.33. The van der Waals surface area contributed by atoms with Gasteiger partial charge in [0.25, 0.3) is 0 Å². The van der Waals surface area contributed by atoms with Gasteiger partial charge in [0, 0.05) is 19.1 Å². The van der Waals surface area contributed by atoms with Crippen LogP contribution in [0.5, 0.6) is 0 Å². The summed E-state index contributed by atoms with van der Waals surface area (Å²) < 4.78 is 0. The molecule has 0 amide bonds. The van der Waals surface area contributed by atoms with E-state index in [4.69, 9.17) is 5.11 Å². The second kappa shape index (κ2) is 5.31. The van der Waals surface area contributed by atoms with Gasteiger partial charge in [-0.15, -0.1) is 0 Å². The number of carboxylic acids is 1. The standard InChI is InChI=1S/C15H20N2O2/c18-15(19)13-3-1-11(2-4-13)9-16-14-10-17-7-5-12(14)6-8-17/h1-4,12,14,16H,5-10H2,(H,18,19). The molecule has 2 bridgehead atoms. The Morgan fingerprint density at radius 3 is 2.47 bits per heavy atom. The number of rotatable bonds is 4. The Kier molecular flexibility index (Phi) is 3.53. The molecule has 102 valence electrons. The quantitative estimate of drug-likeness (QED) is 0.863. The molecular weight excluding hydrogens is 240 g/mol. The molecule has 2 N–H and O–H groups in total. The van der Waals surface area contributed by atoms with Crippen LogP contribution in [0.3, 0.4) is 0 Å². The van der Waals surface area contributed by atoms with Crippen molar-refractivity contribution in [3.63, 3.8) is 0 Å². The molecular formula is C15H20N2O2. The lowest BCUT2D eigenvalue weighted by molar-refractivity contribution is 0.0696. The van der Waals surface area contributed by atoms with Gasteiger partial charge in [0.05, 0.1) is 5.56 Å². The minimum atomic E-state index is -0.864. The predicted molar refractivity (Wildman–Crippen MR) is 73.2 cm³/mol. The second-order valence-corrected chi connectivity index (χ2v) is 5.63. The van der Waals surface area contributed by atoms with Crippen molar-refractivity contribution in [3.8, 4) is 0 Å². The van der Waals surface area contributed by atoms with Crippen LogP contribution in [0.4, 0.5) is 0 Å². The Balaban J connectivity index is 1.56. The first kappa shape index (κ1) is 12.6. The van der Waals surface area contributed by atoms with Crippen LogP contribution in [-0.4, -0.2) is 41.7 Å². The first-order valence-corrected chi connectivity index (χ1v) is 7.00. The zero-order valence-corrected chi connectivity index (χ0v) is 11.0. The van der Waals surface area contributed by atoms with E-state index in [9.17, 15) is 4.79 Å². The molecule has 1 aromatic carbocycles. The number of fused-ring (bicyclic) bond motifs is 3. The normalized spacial score (nSPS) is 29.4. The molecule has 3 heterocycles. The zero-order chi connectivity index (χ0) is 13.2. The van der Waals surface area contributed by atoms with Crippen molar-refractivity contribution in [1.29, 1.82) is 0 Å². The highest BCUT2D eigenvalue weighted by atomic mass is 16.4. The third kappa shape index (κ3) is 2.80. The summed E-state index contributed by atoms with van der Waals surface area (Å²) in [6.45, 7) is 4.51. The molecule has 4 nitrogen and oxygen atoms in total. The number of hydrogen-bond donors (Lipinski definition) is 2. The van der Waals surface area contributed by atoms with Crippen LogP contribution < -0.4 is 5.32 Å². The summed E-state index contributed by atoms with van der Waals surface area (Å²) in [5.41, 5.74) is 1.51. The van der Waals surface area contributed by atoms with E-state index in [2.05, 4.69) is 10.2 Å². The summed E-state index contributed by atoms with van der Waals surface area (Å²) in [5.74, 6) is -0.0415. The van der Waals surface area contributed by atoms with E-state index in [0.29, 0.717) is 11.6 Å². The first-order valence-electron chi connectivity index (χ1n) is 7.00. The topological polar surface area (TPSA) is 52.6 Å². The molecule has 1 atom stereocenters. The van der Waals surface area contributed by atoms with Crippen LogP contribution >= 0.6 is 0 Å². The summed E-state index contributed by atoms with van der Waals surface area (Å²) in [6, 6.07) is 7.75. The van der Waals surface area contributed by atoms with E-state index in [-0.39, 0.29) is 0 Å². The van der Waals surface area contributed by atoms with Crippen molar-refractivity contribution < 1.29 is 9.90 Å². The van der Waals surface area contributed by atoms with E-state index >= 15 is 0 Å². The van der Waals surface area contributed by atoms with Gasteiger partial charge in [-0.2, -0.15) is 0 Å². The predicted octanol–water partition coefficient (Wildman–Crippen LogP) is 1.57. The van der Waals surface area contributed by atoms with Crippen molar-refractivity contribution in [2.24, 2.45) is 5.92 Å². The largest absolute Gasteiger partial charge is 0.478 e. The minimum Gasteiger partial charge on any atom is -0.478 e. The fraction of sp³-hybridized carbons (Fsp3) is 0.533. The van der Waals surface area contributed by atoms with Gasteiger partial charge in [-0.05, 0) is 49.5 Å². The van der Waals surface area contributed by atoms with E-state index in [0.717, 1.165) is 24.6 Å². The van der Waals surface area contributed by atoms with Crippen molar-refractivity contribution in [1.82, 2.24) is 10.2 Å². The van der Waals surface area contributed by atoms with Crippen LogP contribution in [0.25, 0.3) is 0 Å². The van der Waals surface area contributed by atoms with Gasteiger partial charge >= 0.3 is 5.97 Å². The zero-order valence-electron chi connectivity index (χ0n) is 11.0. The van der Waals surface area contributed by atoms with E-state index in [1.807, 2.05) is 12.1 Å². The Morgan fingerprint density at radius 1 is 1.26 bits per heavy atom. The van der Waals surface area contributed by atoms with Gasteiger partial charge in [0.15, 0.2) is 0 Å². The molecule has 3 aliphatic heterocycles. The third-order valence-electron chi connectivity index (χ3n) is 4.43. The number of nitrogens with one attached hydrogen (secondary N) is 1. The van der Waals surface area contributed by atoms with Gasteiger partial charge in [0.1, 0.15) is 0 Å². The molecule has 3 saturated heterocycles. The molecule has 4 rings (SSSR count). The SMILES string of the molecule is O=C(O)c1ccc(CNC2CN3CCC2CC3)cc1. The Hall–Kier alpha value is -1.39. The molecule has 3 fully saturated rings.